The molecule has 1 aromatic carbocycles. The molecule has 3 heteroatoms. The number of benzene rings is 1. The van der Waals surface area contributed by atoms with Gasteiger partial charge in [0.25, 0.3) is 0 Å². The Balaban J connectivity index is 2.19. The molecule has 88 valence electrons. The third kappa shape index (κ3) is 1.62. The van der Waals surface area contributed by atoms with Crippen LogP contribution in [0.5, 0.6) is 0 Å². The molecule has 1 aromatic heterocycles. The lowest BCUT2D eigenvalue weighted by atomic mass is 10.1. The van der Waals surface area contributed by atoms with Crippen molar-refractivity contribution in [2.45, 2.75) is 26.7 Å². The van der Waals surface area contributed by atoms with Gasteiger partial charge in [-0.05, 0) is 38.3 Å². The molecule has 0 atom stereocenters. The summed E-state index contributed by atoms with van der Waals surface area (Å²) in [5.41, 5.74) is 6.12. The van der Waals surface area contributed by atoms with Gasteiger partial charge in [-0.1, -0.05) is 18.2 Å². The smallest absolute Gasteiger partial charge is 0.0832 e. The molecular formula is C14H17N3. The highest BCUT2D eigenvalue weighted by molar-refractivity contribution is 5.57. The molecule has 3 rings (SSSR count). The SMILES string of the molecule is Cc1ccccc1-n1nc(C)c2c1CCCN2. The van der Waals surface area contributed by atoms with Gasteiger partial charge < -0.3 is 5.32 Å². The molecule has 0 radical (unpaired) electrons. The molecule has 0 bridgehead atoms. The Morgan fingerprint density at radius 1 is 1.24 bits per heavy atom. The van der Waals surface area contributed by atoms with Crippen molar-refractivity contribution in [2.75, 3.05) is 11.9 Å². The standard InChI is InChI=1S/C14H17N3/c1-10-6-3-4-7-12(10)17-13-8-5-9-15-14(13)11(2)16-17/h3-4,6-7,15H,5,8-9H2,1-2H3. The first-order valence-corrected chi connectivity index (χ1v) is 6.16. The number of fused-ring (bicyclic) bond motifs is 1. The van der Waals surface area contributed by atoms with Crippen LogP contribution in [0.4, 0.5) is 5.69 Å². The first-order chi connectivity index (χ1) is 8.27. The van der Waals surface area contributed by atoms with Gasteiger partial charge in [0.05, 0.1) is 22.8 Å². The van der Waals surface area contributed by atoms with Crippen LogP contribution in [0.3, 0.4) is 0 Å². The van der Waals surface area contributed by atoms with Crippen molar-refractivity contribution in [3.63, 3.8) is 0 Å². The third-order valence-electron chi connectivity index (χ3n) is 3.39. The number of nitrogens with one attached hydrogen (secondary N) is 1. The average Bonchev–Trinajstić information content (AvgIpc) is 2.68. The van der Waals surface area contributed by atoms with Crippen LogP contribution in [-0.4, -0.2) is 16.3 Å². The fourth-order valence-electron chi connectivity index (χ4n) is 2.51. The number of hydrogen-bond donors (Lipinski definition) is 1. The summed E-state index contributed by atoms with van der Waals surface area (Å²) in [5.74, 6) is 0. The number of aryl methyl sites for hydroxylation is 2. The normalized spacial score (nSPS) is 14.2. The van der Waals surface area contributed by atoms with Gasteiger partial charge in [0.2, 0.25) is 0 Å². The number of rotatable bonds is 1. The van der Waals surface area contributed by atoms with Crippen molar-refractivity contribution in [3.05, 3.63) is 41.2 Å². The molecule has 0 amide bonds. The van der Waals surface area contributed by atoms with Crippen molar-refractivity contribution in [3.8, 4) is 5.69 Å². The van der Waals surface area contributed by atoms with Crippen molar-refractivity contribution in [1.82, 2.24) is 9.78 Å². The molecule has 17 heavy (non-hydrogen) atoms. The fourth-order valence-corrected chi connectivity index (χ4v) is 2.51. The fraction of sp³-hybridized carbons (Fsp3) is 0.357. The van der Waals surface area contributed by atoms with E-state index in [4.69, 9.17) is 0 Å². The van der Waals surface area contributed by atoms with E-state index in [0.29, 0.717) is 0 Å². The second-order valence-electron chi connectivity index (χ2n) is 4.64. The maximum Gasteiger partial charge on any atom is 0.0832 e. The van der Waals surface area contributed by atoms with E-state index >= 15 is 0 Å². The van der Waals surface area contributed by atoms with Crippen molar-refractivity contribution in [2.24, 2.45) is 0 Å². The minimum Gasteiger partial charge on any atom is -0.382 e. The summed E-state index contributed by atoms with van der Waals surface area (Å²) in [6.45, 7) is 5.27. The van der Waals surface area contributed by atoms with Gasteiger partial charge in [-0.2, -0.15) is 5.10 Å². The molecule has 3 nitrogen and oxygen atoms in total. The first kappa shape index (κ1) is 10.4. The van der Waals surface area contributed by atoms with Crippen LogP contribution < -0.4 is 5.32 Å². The summed E-state index contributed by atoms with van der Waals surface area (Å²) in [6, 6.07) is 8.41. The summed E-state index contributed by atoms with van der Waals surface area (Å²) in [7, 11) is 0. The summed E-state index contributed by atoms with van der Waals surface area (Å²) in [5, 5.41) is 8.13. The highest BCUT2D eigenvalue weighted by atomic mass is 15.3. The molecule has 0 saturated heterocycles. The van der Waals surface area contributed by atoms with Crippen LogP contribution in [0.1, 0.15) is 23.4 Å². The summed E-state index contributed by atoms with van der Waals surface area (Å²) in [4.78, 5) is 0. The maximum atomic E-state index is 4.68. The van der Waals surface area contributed by atoms with Gasteiger partial charge in [0.1, 0.15) is 0 Å². The van der Waals surface area contributed by atoms with E-state index in [1.54, 1.807) is 0 Å². The van der Waals surface area contributed by atoms with Crippen molar-refractivity contribution in [1.29, 1.82) is 0 Å². The lowest BCUT2D eigenvalue weighted by Gasteiger charge is -2.16. The van der Waals surface area contributed by atoms with E-state index in [1.165, 1.54) is 29.1 Å². The zero-order valence-electron chi connectivity index (χ0n) is 10.3. The Hall–Kier alpha value is -1.77. The highest BCUT2D eigenvalue weighted by Gasteiger charge is 2.19. The van der Waals surface area contributed by atoms with Gasteiger partial charge >= 0.3 is 0 Å². The van der Waals surface area contributed by atoms with E-state index < -0.39 is 0 Å². The van der Waals surface area contributed by atoms with E-state index in [-0.39, 0.29) is 0 Å². The van der Waals surface area contributed by atoms with Gasteiger partial charge in [-0.15, -0.1) is 0 Å². The molecule has 1 aliphatic rings. The lowest BCUT2D eigenvalue weighted by Crippen LogP contribution is -2.14. The van der Waals surface area contributed by atoms with Crippen LogP contribution in [0.15, 0.2) is 24.3 Å². The Kier molecular flexibility index (Phi) is 2.39. The molecule has 0 aliphatic carbocycles. The topological polar surface area (TPSA) is 29.9 Å². The molecule has 0 fully saturated rings. The zero-order chi connectivity index (χ0) is 11.8. The van der Waals surface area contributed by atoms with Crippen LogP contribution >= 0.6 is 0 Å². The summed E-state index contributed by atoms with van der Waals surface area (Å²) < 4.78 is 2.10. The highest BCUT2D eigenvalue weighted by Crippen LogP contribution is 2.28. The largest absolute Gasteiger partial charge is 0.382 e. The summed E-state index contributed by atoms with van der Waals surface area (Å²) in [6.07, 6.45) is 2.29. The van der Waals surface area contributed by atoms with E-state index in [0.717, 1.165) is 18.7 Å². The number of nitrogens with zero attached hydrogens (tertiary/aromatic N) is 2. The molecule has 0 spiro atoms. The predicted molar refractivity (Wildman–Crippen MR) is 69.8 cm³/mol. The predicted octanol–water partition coefficient (Wildman–Crippen LogP) is 2.85. The quantitative estimate of drug-likeness (QED) is 0.812. The van der Waals surface area contributed by atoms with Crippen molar-refractivity contribution >= 4 is 5.69 Å². The van der Waals surface area contributed by atoms with Crippen molar-refractivity contribution < 1.29 is 0 Å². The molecule has 2 heterocycles. The minimum atomic E-state index is 1.06. The minimum absolute atomic E-state index is 1.06. The lowest BCUT2D eigenvalue weighted by molar-refractivity contribution is 0.739. The molecule has 0 unspecified atom stereocenters. The Bertz CT molecular complexity index is 555. The second kappa shape index (κ2) is 3.91. The number of para-hydroxylation sites is 1. The van der Waals surface area contributed by atoms with E-state index in [1.807, 2.05) is 0 Å². The average molecular weight is 227 g/mol. The van der Waals surface area contributed by atoms with Gasteiger partial charge in [0.15, 0.2) is 0 Å². The number of aromatic nitrogens is 2. The Morgan fingerprint density at radius 3 is 2.88 bits per heavy atom. The Morgan fingerprint density at radius 2 is 2.06 bits per heavy atom. The number of anilines is 1. The van der Waals surface area contributed by atoms with Crippen LogP contribution in [0, 0.1) is 13.8 Å². The van der Waals surface area contributed by atoms with Gasteiger partial charge in [-0.25, -0.2) is 4.68 Å². The van der Waals surface area contributed by atoms with Crippen LogP contribution in [0.2, 0.25) is 0 Å². The summed E-state index contributed by atoms with van der Waals surface area (Å²) >= 11 is 0. The first-order valence-electron chi connectivity index (χ1n) is 6.16. The van der Waals surface area contributed by atoms with Gasteiger partial charge in [0, 0.05) is 6.54 Å². The van der Waals surface area contributed by atoms with E-state index in [9.17, 15) is 0 Å². The Labute approximate surface area is 101 Å². The molecule has 1 aliphatic heterocycles. The van der Waals surface area contributed by atoms with Crippen LogP contribution in [0.25, 0.3) is 5.69 Å². The molecule has 0 saturated carbocycles. The van der Waals surface area contributed by atoms with Crippen LogP contribution in [-0.2, 0) is 6.42 Å². The molecular weight excluding hydrogens is 210 g/mol. The molecule has 1 N–H and O–H groups in total. The number of hydrogen-bond acceptors (Lipinski definition) is 2. The van der Waals surface area contributed by atoms with Gasteiger partial charge in [-0.3, -0.25) is 0 Å². The third-order valence-corrected chi connectivity index (χ3v) is 3.39. The second-order valence-corrected chi connectivity index (χ2v) is 4.64. The van der Waals surface area contributed by atoms with E-state index in [2.05, 4.69) is 53.2 Å². The zero-order valence-corrected chi connectivity index (χ0v) is 10.3. The molecule has 2 aromatic rings. The maximum absolute atomic E-state index is 4.68. The monoisotopic (exact) mass is 227 g/mol.